The third-order valence-electron chi connectivity index (χ3n) is 2.23. The predicted octanol–water partition coefficient (Wildman–Crippen LogP) is 2.88. The molecule has 0 radical (unpaired) electrons. The molecule has 17 heavy (non-hydrogen) atoms. The Morgan fingerprint density at radius 3 is 2.41 bits per heavy atom. The number of para-hydroxylation sites is 1. The van der Waals surface area contributed by atoms with E-state index in [1.807, 2.05) is 32.9 Å². The maximum absolute atomic E-state index is 11.6. The van der Waals surface area contributed by atoms with Crippen molar-refractivity contribution in [2.45, 2.75) is 26.2 Å². The number of hydrogen-bond donors (Lipinski definition) is 0. The lowest BCUT2D eigenvalue weighted by molar-refractivity contribution is 0.473. The Kier molecular flexibility index (Phi) is 3.98. The van der Waals surface area contributed by atoms with E-state index in [4.69, 9.17) is 4.18 Å². The van der Waals surface area contributed by atoms with Gasteiger partial charge in [0.1, 0.15) is 11.5 Å². The molecule has 0 fully saturated rings. The van der Waals surface area contributed by atoms with Crippen molar-refractivity contribution < 1.29 is 12.6 Å². The van der Waals surface area contributed by atoms with Crippen LogP contribution >= 0.6 is 0 Å². The van der Waals surface area contributed by atoms with Gasteiger partial charge in [0, 0.05) is 5.56 Å². The van der Waals surface area contributed by atoms with Gasteiger partial charge in [0.2, 0.25) is 0 Å². The predicted molar refractivity (Wildman–Crippen MR) is 69.8 cm³/mol. The molecule has 0 N–H and O–H groups in total. The van der Waals surface area contributed by atoms with Gasteiger partial charge in [-0.1, -0.05) is 45.0 Å². The molecule has 4 heteroatoms. The lowest BCUT2D eigenvalue weighted by atomic mass is 9.86. The van der Waals surface area contributed by atoms with Gasteiger partial charge < -0.3 is 4.18 Å². The quantitative estimate of drug-likeness (QED) is 0.613. The van der Waals surface area contributed by atoms with E-state index in [0.717, 1.165) is 5.56 Å². The Bertz CT molecular complexity index is 496. The number of benzene rings is 1. The van der Waals surface area contributed by atoms with Gasteiger partial charge in [0.05, 0.1) is 0 Å². The molecular formula is C13H18O3S. The Balaban J connectivity index is 3.12. The Labute approximate surface area is 103 Å². The summed E-state index contributed by atoms with van der Waals surface area (Å²) in [5.41, 5.74) is 0.702. The van der Waals surface area contributed by atoms with Gasteiger partial charge in [-0.05, 0) is 11.5 Å². The van der Waals surface area contributed by atoms with E-state index in [1.54, 1.807) is 12.1 Å². The van der Waals surface area contributed by atoms with E-state index in [9.17, 15) is 8.42 Å². The Morgan fingerprint density at radius 2 is 1.88 bits per heavy atom. The molecule has 1 aromatic carbocycles. The summed E-state index contributed by atoms with van der Waals surface area (Å²) in [5.74, 6) is 0.202. The normalized spacial score (nSPS) is 12.2. The van der Waals surface area contributed by atoms with E-state index in [-0.39, 0.29) is 11.2 Å². The fourth-order valence-corrected chi connectivity index (χ4v) is 2.25. The van der Waals surface area contributed by atoms with Crippen molar-refractivity contribution in [2.24, 2.45) is 0 Å². The Hall–Kier alpha value is -1.29. The first-order valence-corrected chi connectivity index (χ1v) is 6.96. The molecule has 0 heterocycles. The molecule has 1 rings (SSSR count). The van der Waals surface area contributed by atoms with E-state index >= 15 is 0 Å². The molecule has 0 amide bonds. The van der Waals surface area contributed by atoms with E-state index in [0.29, 0.717) is 5.75 Å². The van der Waals surface area contributed by atoms with Gasteiger partial charge in [-0.15, -0.1) is 6.58 Å². The molecule has 0 aliphatic rings. The van der Waals surface area contributed by atoms with Crippen LogP contribution < -0.4 is 4.18 Å². The van der Waals surface area contributed by atoms with Crippen molar-refractivity contribution in [1.82, 2.24) is 0 Å². The zero-order valence-electron chi connectivity index (χ0n) is 10.4. The molecule has 0 spiro atoms. The van der Waals surface area contributed by atoms with Crippen LogP contribution in [0.2, 0.25) is 0 Å². The van der Waals surface area contributed by atoms with Crippen molar-refractivity contribution in [3.63, 3.8) is 0 Å². The number of rotatable bonds is 4. The van der Waals surface area contributed by atoms with Crippen molar-refractivity contribution in [2.75, 3.05) is 5.75 Å². The lowest BCUT2D eigenvalue weighted by Crippen LogP contribution is -2.17. The summed E-state index contributed by atoms with van der Waals surface area (Å²) in [5, 5.41) is 0. The van der Waals surface area contributed by atoms with Gasteiger partial charge in [-0.25, -0.2) is 0 Å². The van der Waals surface area contributed by atoms with Crippen molar-refractivity contribution in [3.05, 3.63) is 42.5 Å². The summed E-state index contributed by atoms with van der Waals surface area (Å²) in [6, 6.07) is 7.17. The first-order chi connectivity index (χ1) is 7.76. The molecule has 0 saturated carbocycles. The molecule has 0 aliphatic carbocycles. The van der Waals surface area contributed by atoms with Gasteiger partial charge >= 0.3 is 10.1 Å². The third-order valence-corrected chi connectivity index (χ3v) is 3.31. The molecule has 94 valence electrons. The second kappa shape index (κ2) is 4.92. The molecule has 0 saturated heterocycles. The van der Waals surface area contributed by atoms with Crippen LogP contribution in [0, 0.1) is 0 Å². The second-order valence-electron chi connectivity index (χ2n) is 4.84. The van der Waals surface area contributed by atoms with E-state index < -0.39 is 10.1 Å². The molecule has 0 aromatic heterocycles. The van der Waals surface area contributed by atoms with Gasteiger partial charge in [-0.3, -0.25) is 0 Å². The summed E-state index contributed by atoms with van der Waals surface area (Å²) in [4.78, 5) is 0. The highest BCUT2D eigenvalue weighted by Crippen LogP contribution is 2.31. The second-order valence-corrected chi connectivity index (χ2v) is 6.46. The molecule has 1 aromatic rings. The average Bonchev–Trinajstić information content (AvgIpc) is 2.15. The topological polar surface area (TPSA) is 43.4 Å². The maximum Gasteiger partial charge on any atom is 0.312 e. The molecule has 0 bridgehead atoms. The molecule has 0 atom stereocenters. The molecule has 0 aliphatic heterocycles. The zero-order chi connectivity index (χ0) is 13.1. The summed E-state index contributed by atoms with van der Waals surface area (Å²) in [6.07, 6.45) is 1.31. The SMILES string of the molecule is C=CCS(=O)(=O)Oc1ccccc1C(C)(C)C. The average molecular weight is 254 g/mol. The van der Waals surface area contributed by atoms with Crippen LogP contribution in [0.3, 0.4) is 0 Å². The van der Waals surface area contributed by atoms with E-state index in [1.165, 1.54) is 6.08 Å². The van der Waals surface area contributed by atoms with Crippen molar-refractivity contribution in [1.29, 1.82) is 0 Å². The van der Waals surface area contributed by atoms with E-state index in [2.05, 4.69) is 6.58 Å². The zero-order valence-corrected chi connectivity index (χ0v) is 11.3. The van der Waals surface area contributed by atoms with Crippen LogP contribution in [0.1, 0.15) is 26.3 Å². The summed E-state index contributed by atoms with van der Waals surface area (Å²) in [7, 11) is -3.59. The molecule has 3 nitrogen and oxygen atoms in total. The van der Waals surface area contributed by atoms with Crippen molar-refractivity contribution in [3.8, 4) is 5.75 Å². The van der Waals surface area contributed by atoms with Gasteiger partial charge in [0.25, 0.3) is 0 Å². The van der Waals surface area contributed by atoms with Crippen LogP contribution in [0.25, 0.3) is 0 Å². The standard InChI is InChI=1S/C13H18O3S/c1-5-10-17(14,15)16-12-9-7-6-8-11(12)13(2,3)4/h5-9H,1,10H2,2-4H3. The van der Waals surface area contributed by atoms with Crippen LogP contribution in [0.5, 0.6) is 5.75 Å². The first kappa shape index (κ1) is 13.8. The summed E-state index contributed by atoms with van der Waals surface area (Å²) in [6.45, 7) is 9.43. The monoisotopic (exact) mass is 254 g/mol. The third kappa shape index (κ3) is 3.89. The first-order valence-electron chi connectivity index (χ1n) is 5.39. The van der Waals surface area contributed by atoms with Crippen LogP contribution in [0.4, 0.5) is 0 Å². The largest absolute Gasteiger partial charge is 0.382 e. The van der Waals surface area contributed by atoms with Gasteiger partial charge in [0.15, 0.2) is 0 Å². The van der Waals surface area contributed by atoms with Crippen LogP contribution in [-0.4, -0.2) is 14.2 Å². The minimum atomic E-state index is -3.59. The number of hydrogen-bond acceptors (Lipinski definition) is 3. The highest BCUT2D eigenvalue weighted by atomic mass is 32.2. The molecular weight excluding hydrogens is 236 g/mol. The lowest BCUT2D eigenvalue weighted by Gasteiger charge is -2.22. The van der Waals surface area contributed by atoms with Crippen molar-refractivity contribution >= 4 is 10.1 Å². The highest BCUT2D eigenvalue weighted by Gasteiger charge is 2.21. The minimum Gasteiger partial charge on any atom is -0.382 e. The summed E-state index contributed by atoms with van der Waals surface area (Å²) >= 11 is 0. The molecule has 0 unspecified atom stereocenters. The fourth-order valence-electron chi connectivity index (χ4n) is 1.47. The fraction of sp³-hybridized carbons (Fsp3) is 0.385. The van der Waals surface area contributed by atoms with Crippen LogP contribution in [0.15, 0.2) is 36.9 Å². The maximum atomic E-state index is 11.6. The van der Waals surface area contributed by atoms with Gasteiger partial charge in [-0.2, -0.15) is 8.42 Å². The Morgan fingerprint density at radius 1 is 1.29 bits per heavy atom. The minimum absolute atomic E-state index is 0.166. The highest BCUT2D eigenvalue weighted by molar-refractivity contribution is 7.87. The van der Waals surface area contributed by atoms with Crippen LogP contribution in [-0.2, 0) is 15.5 Å². The summed E-state index contributed by atoms with van der Waals surface area (Å²) < 4.78 is 28.3. The smallest absolute Gasteiger partial charge is 0.312 e.